The van der Waals surface area contributed by atoms with Crippen LogP contribution in [-0.4, -0.2) is 14.9 Å². The van der Waals surface area contributed by atoms with Gasteiger partial charge in [-0.15, -0.1) is 0 Å². The highest BCUT2D eigenvalue weighted by Gasteiger charge is 2.26. The number of alkyl halides is 1. The molecule has 1 aromatic heterocycles. The second-order valence-electron chi connectivity index (χ2n) is 4.20. The molecule has 0 amide bonds. The molecule has 0 aliphatic rings. The van der Waals surface area contributed by atoms with Gasteiger partial charge in [-0.3, -0.25) is 14.3 Å². The summed E-state index contributed by atoms with van der Waals surface area (Å²) in [5, 5.41) is 0.830. The van der Waals surface area contributed by atoms with Gasteiger partial charge in [0.05, 0.1) is 4.47 Å². The maximum Gasteiger partial charge on any atom is 0.328 e. The molecule has 6 heteroatoms. The number of nitrogens with zero attached hydrogens (tertiary/aromatic N) is 1. The Hall–Kier alpha value is -0.360. The number of aromatic nitrogens is 2. The number of hydrogen-bond donors (Lipinski definition) is 1. The fourth-order valence-electron chi connectivity index (χ4n) is 1.67. The summed E-state index contributed by atoms with van der Waals surface area (Å²) >= 11 is 6.65. The van der Waals surface area contributed by atoms with E-state index in [1.165, 1.54) is 0 Å². The van der Waals surface area contributed by atoms with E-state index in [2.05, 4.69) is 50.7 Å². The largest absolute Gasteiger partial charge is 0.328 e. The molecule has 0 saturated carbocycles. The molecule has 0 radical (unpaired) electrons. The van der Waals surface area contributed by atoms with E-state index in [-0.39, 0.29) is 16.7 Å². The Balaban J connectivity index is 3.14. The SMILES string of the molecule is CCC(CC)(CBr)Cn1cc(Br)c(=O)[nH]c1=O. The van der Waals surface area contributed by atoms with Crippen molar-refractivity contribution < 1.29 is 0 Å². The van der Waals surface area contributed by atoms with Crippen LogP contribution in [0, 0.1) is 5.41 Å². The molecule has 0 aromatic carbocycles. The van der Waals surface area contributed by atoms with Crippen LogP contribution in [0.25, 0.3) is 0 Å². The monoisotopic (exact) mass is 366 g/mol. The molecule has 0 atom stereocenters. The number of halogens is 2. The highest BCUT2D eigenvalue weighted by Crippen LogP contribution is 2.30. The summed E-state index contributed by atoms with van der Waals surface area (Å²) in [4.78, 5) is 25.2. The van der Waals surface area contributed by atoms with Gasteiger partial charge in [0, 0.05) is 18.1 Å². The second kappa shape index (κ2) is 6.00. The molecule has 1 heterocycles. The molecule has 0 fully saturated rings. The normalized spacial score (nSPS) is 11.8. The Bertz CT molecular complexity index is 481. The second-order valence-corrected chi connectivity index (χ2v) is 5.62. The highest BCUT2D eigenvalue weighted by molar-refractivity contribution is 9.10. The van der Waals surface area contributed by atoms with Crippen LogP contribution < -0.4 is 11.2 Å². The van der Waals surface area contributed by atoms with Crippen molar-refractivity contribution in [3.63, 3.8) is 0 Å². The number of hydrogen-bond acceptors (Lipinski definition) is 2. The molecule has 4 nitrogen and oxygen atoms in total. The van der Waals surface area contributed by atoms with Crippen LogP contribution in [0.4, 0.5) is 0 Å². The molecule has 1 N–H and O–H groups in total. The van der Waals surface area contributed by atoms with Crippen molar-refractivity contribution in [2.24, 2.45) is 5.41 Å². The topological polar surface area (TPSA) is 54.9 Å². The van der Waals surface area contributed by atoms with E-state index in [1.54, 1.807) is 10.8 Å². The predicted molar refractivity (Wildman–Crippen MR) is 75.8 cm³/mol. The number of nitrogens with one attached hydrogen (secondary N) is 1. The lowest BCUT2D eigenvalue weighted by atomic mass is 9.84. The first-order valence-corrected chi connectivity index (χ1v) is 7.44. The van der Waals surface area contributed by atoms with Gasteiger partial charge in [-0.05, 0) is 34.2 Å². The number of aromatic amines is 1. The van der Waals surface area contributed by atoms with Gasteiger partial charge in [0.25, 0.3) is 5.56 Å². The maximum absolute atomic E-state index is 11.7. The predicted octanol–water partition coefficient (Wildman–Crippen LogP) is 2.50. The van der Waals surface area contributed by atoms with Crippen molar-refractivity contribution in [2.45, 2.75) is 33.2 Å². The van der Waals surface area contributed by atoms with Crippen LogP contribution in [0.3, 0.4) is 0 Å². The van der Waals surface area contributed by atoms with E-state index < -0.39 is 0 Å². The molecular weight excluding hydrogens is 352 g/mol. The van der Waals surface area contributed by atoms with Crippen molar-refractivity contribution in [3.05, 3.63) is 31.5 Å². The summed E-state index contributed by atoms with van der Waals surface area (Å²) in [6.07, 6.45) is 3.50. The van der Waals surface area contributed by atoms with E-state index in [4.69, 9.17) is 0 Å². The van der Waals surface area contributed by atoms with E-state index in [0.29, 0.717) is 11.0 Å². The third-order valence-electron chi connectivity index (χ3n) is 3.26. The molecule has 0 aliphatic heterocycles. The van der Waals surface area contributed by atoms with Crippen LogP contribution in [0.1, 0.15) is 26.7 Å². The van der Waals surface area contributed by atoms with Gasteiger partial charge in [0.1, 0.15) is 0 Å². The fraction of sp³-hybridized carbons (Fsp3) is 0.636. The molecule has 0 bridgehead atoms. The van der Waals surface area contributed by atoms with Crippen LogP contribution in [0.15, 0.2) is 20.3 Å². The lowest BCUT2D eigenvalue weighted by molar-refractivity contribution is 0.254. The molecule has 0 aliphatic carbocycles. The molecule has 1 rings (SSSR count). The Kier molecular flexibility index (Phi) is 5.19. The van der Waals surface area contributed by atoms with Gasteiger partial charge >= 0.3 is 5.69 Å². The Labute approximate surface area is 117 Å². The number of rotatable bonds is 5. The molecule has 0 saturated heterocycles. The van der Waals surface area contributed by atoms with E-state index in [1.807, 2.05) is 0 Å². The summed E-state index contributed by atoms with van der Waals surface area (Å²) in [7, 11) is 0. The first kappa shape index (κ1) is 14.7. The smallest absolute Gasteiger partial charge is 0.299 e. The van der Waals surface area contributed by atoms with Gasteiger partial charge in [0.15, 0.2) is 0 Å². The lowest BCUT2D eigenvalue weighted by Crippen LogP contribution is -2.36. The van der Waals surface area contributed by atoms with Gasteiger partial charge < -0.3 is 0 Å². The Morgan fingerprint density at radius 3 is 2.41 bits per heavy atom. The van der Waals surface area contributed by atoms with Gasteiger partial charge in [0.2, 0.25) is 0 Å². The standard InChI is InChI=1S/C11H16Br2N2O2/c1-3-11(4-2,6-12)7-15-5-8(13)9(16)14-10(15)17/h5H,3-4,6-7H2,1-2H3,(H,14,16,17). The average molecular weight is 368 g/mol. The summed E-state index contributed by atoms with van der Waals surface area (Å²) in [5.74, 6) is 0. The van der Waals surface area contributed by atoms with E-state index in [9.17, 15) is 9.59 Å². The van der Waals surface area contributed by atoms with E-state index >= 15 is 0 Å². The van der Waals surface area contributed by atoms with E-state index in [0.717, 1.165) is 18.2 Å². The Morgan fingerprint density at radius 2 is 1.94 bits per heavy atom. The molecule has 0 unspecified atom stereocenters. The third-order valence-corrected chi connectivity index (χ3v) is 5.01. The minimum atomic E-state index is -0.385. The minimum Gasteiger partial charge on any atom is -0.299 e. The van der Waals surface area contributed by atoms with Crippen LogP contribution in [0.5, 0.6) is 0 Å². The molecule has 17 heavy (non-hydrogen) atoms. The first-order valence-electron chi connectivity index (χ1n) is 5.53. The van der Waals surface area contributed by atoms with Gasteiger partial charge in [-0.25, -0.2) is 4.79 Å². The third kappa shape index (κ3) is 3.31. The average Bonchev–Trinajstić information content (AvgIpc) is 2.33. The summed E-state index contributed by atoms with van der Waals surface area (Å²) < 4.78 is 1.94. The minimum absolute atomic E-state index is 0.0432. The quantitative estimate of drug-likeness (QED) is 0.813. The summed E-state index contributed by atoms with van der Waals surface area (Å²) in [5.41, 5.74) is -0.698. The van der Waals surface area contributed by atoms with Crippen LogP contribution in [0.2, 0.25) is 0 Å². The van der Waals surface area contributed by atoms with Crippen molar-refractivity contribution >= 4 is 31.9 Å². The lowest BCUT2D eigenvalue weighted by Gasteiger charge is -2.30. The maximum atomic E-state index is 11.7. The van der Waals surface area contributed by atoms with Gasteiger partial charge in [-0.2, -0.15) is 0 Å². The summed E-state index contributed by atoms with van der Waals surface area (Å²) in [6.45, 7) is 4.81. The first-order chi connectivity index (χ1) is 7.98. The molecule has 1 aromatic rings. The molecular formula is C11H16Br2N2O2. The van der Waals surface area contributed by atoms with Crippen molar-refractivity contribution in [1.29, 1.82) is 0 Å². The van der Waals surface area contributed by atoms with Gasteiger partial charge in [-0.1, -0.05) is 29.8 Å². The Morgan fingerprint density at radius 1 is 1.35 bits per heavy atom. The summed E-state index contributed by atoms with van der Waals surface area (Å²) in [6, 6.07) is 0. The van der Waals surface area contributed by atoms with Crippen molar-refractivity contribution in [2.75, 3.05) is 5.33 Å². The van der Waals surface area contributed by atoms with Crippen molar-refractivity contribution in [3.8, 4) is 0 Å². The zero-order valence-electron chi connectivity index (χ0n) is 9.93. The zero-order chi connectivity index (χ0) is 13.1. The highest BCUT2D eigenvalue weighted by atomic mass is 79.9. The molecule has 0 spiro atoms. The van der Waals surface area contributed by atoms with Crippen molar-refractivity contribution in [1.82, 2.24) is 9.55 Å². The molecule has 96 valence electrons. The number of H-pyrrole nitrogens is 1. The fourth-order valence-corrected chi connectivity index (χ4v) is 2.98. The van der Waals surface area contributed by atoms with Crippen LogP contribution >= 0.6 is 31.9 Å². The zero-order valence-corrected chi connectivity index (χ0v) is 13.1. The van der Waals surface area contributed by atoms with Crippen LogP contribution in [-0.2, 0) is 6.54 Å².